The van der Waals surface area contributed by atoms with E-state index in [9.17, 15) is 14.3 Å². The van der Waals surface area contributed by atoms with Gasteiger partial charge in [0, 0.05) is 0 Å². The Bertz CT molecular complexity index is 962. The summed E-state index contributed by atoms with van der Waals surface area (Å²) in [6.45, 7) is 3.65. The summed E-state index contributed by atoms with van der Waals surface area (Å²) in [6, 6.07) is 12.4. The van der Waals surface area contributed by atoms with Crippen LogP contribution in [0.5, 0.6) is 11.5 Å². The molecule has 0 unspecified atom stereocenters. The van der Waals surface area contributed by atoms with E-state index < -0.39 is 11.8 Å². The van der Waals surface area contributed by atoms with Crippen LogP contribution in [0.4, 0.5) is 4.39 Å². The fourth-order valence-electron chi connectivity index (χ4n) is 2.49. The number of phenolic OH excluding ortho intramolecular Hbond substituents is 1. The highest BCUT2D eigenvalue weighted by atomic mass is 19.1. The van der Waals surface area contributed by atoms with Gasteiger partial charge in [0.15, 0.2) is 11.6 Å². The molecule has 0 saturated carbocycles. The zero-order chi connectivity index (χ0) is 18.7. The highest BCUT2D eigenvalue weighted by Gasteiger charge is 2.15. The minimum Gasteiger partial charge on any atom is -0.507 e. The molecular weight excluding hydrogens is 335 g/mol. The van der Waals surface area contributed by atoms with Crippen molar-refractivity contribution in [2.24, 2.45) is 0 Å². The van der Waals surface area contributed by atoms with Crippen molar-refractivity contribution < 1.29 is 23.4 Å². The number of aryl methyl sites for hydroxylation is 2. The van der Waals surface area contributed by atoms with Crippen molar-refractivity contribution in [2.75, 3.05) is 0 Å². The number of para-hydroxylation sites is 1. The minimum atomic E-state index is -0.772. The molecule has 0 atom stereocenters. The average molecular weight is 352 g/mol. The van der Waals surface area contributed by atoms with E-state index >= 15 is 0 Å². The van der Waals surface area contributed by atoms with Gasteiger partial charge in [-0.05, 0) is 73.0 Å². The number of carbonyl (C=O) groups excluding carboxylic acids is 1. The highest BCUT2D eigenvalue weighted by molar-refractivity contribution is 5.88. The van der Waals surface area contributed by atoms with Gasteiger partial charge in [-0.1, -0.05) is 18.2 Å². The second kappa shape index (κ2) is 7.27. The lowest BCUT2D eigenvalue weighted by atomic mass is 10.1. The van der Waals surface area contributed by atoms with Crippen LogP contribution >= 0.6 is 0 Å². The summed E-state index contributed by atoms with van der Waals surface area (Å²) < 4.78 is 24.0. The van der Waals surface area contributed by atoms with Crippen molar-refractivity contribution in [1.82, 2.24) is 0 Å². The molecule has 0 saturated heterocycles. The number of furan rings is 1. The molecule has 5 heteroatoms. The van der Waals surface area contributed by atoms with E-state index in [-0.39, 0.29) is 17.3 Å². The highest BCUT2D eigenvalue weighted by Crippen LogP contribution is 2.24. The summed E-state index contributed by atoms with van der Waals surface area (Å²) in [5.74, 6) is -0.837. The zero-order valence-corrected chi connectivity index (χ0v) is 14.3. The Morgan fingerprint density at radius 1 is 1.08 bits per heavy atom. The normalized spacial score (nSPS) is 11.0. The van der Waals surface area contributed by atoms with Crippen molar-refractivity contribution in [2.45, 2.75) is 13.8 Å². The molecular formula is C21H17FO4. The number of esters is 1. The van der Waals surface area contributed by atoms with Gasteiger partial charge in [0.05, 0.1) is 0 Å². The minimum absolute atomic E-state index is 0.0222. The Balaban J connectivity index is 1.73. The van der Waals surface area contributed by atoms with Crippen LogP contribution in [0, 0.1) is 19.7 Å². The van der Waals surface area contributed by atoms with E-state index in [2.05, 4.69) is 0 Å². The summed E-state index contributed by atoms with van der Waals surface area (Å²) in [4.78, 5) is 12.0. The summed E-state index contributed by atoms with van der Waals surface area (Å²) >= 11 is 0. The molecule has 0 aliphatic rings. The first-order valence-electron chi connectivity index (χ1n) is 7.99. The summed E-state index contributed by atoms with van der Waals surface area (Å²) in [6.07, 6.45) is 3.51. The van der Waals surface area contributed by atoms with E-state index in [0.717, 1.165) is 16.7 Å². The molecule has 1 aromatic heterocycles. The quantitative estimate of drug-likeness (QED) is 0.522. The first kappa shape index (κ1) is 17.5. The third-order valence-electron chi connectivity index (χ3n) is 3.82. The molecule has 1 heterocycles. The predicted molar refractivity (Wildman–Crippen MR) is 96.6 cm³/mol. The van der Waals surface area contributed by atoms with E-state index in [1.165, 1.54) is 24.3 Å². The van der Waals surface area contributed by atoms with Gasteiger partial charge >= 0.3 is 5.97 Å². The van der Waals surface area contributed by atoms with Crippen LogP contribution in [0.15, 0.2) is 52.9 Å². The van der Waals surface area contributed by atoms with Gasteiger partial charge in [-0.15, -0.1) is 0 Å². The van der Waals surface area contributed by atoms with Crippen LogP contribution in [0.25, 0.3) is 12.2 Å². The maximum absolute atomic E-state index is 13.5. The van der Waals surface area contributed by atoms with Gasteiger partial charge in [-0.2, -0.15) is 0 Å². The first-order valence-corrected chi connectivity index (χ1v) is 7.99. The largest absolute Gasteiger partial charge is 0.507 e. The lowest BCUT2D eigenvalue weighted by Gasteiger charge is -2.04. The molecule has 3 rings (SSSR count). The lowest BCUT2D eigenvalue weighted by Crippen LogP contribution is -2.08. The predicted octanol–water partition coefficient (Wildman–Crippen LogP) is 5.13. The lowest BCUT2D eigenvalue weighted by molar-refractivity contribution is 0.0694. The molecule has 0 aliphatic carbocycles. The van der Waals surface area contributed by atoms with Gasteiger partial charge in [0.2, 0.25) is 5.76 Å². The third kappa shape index (κ3) is 3.83. The van der Waals surface area contributed by atoms with Crippen molar-refractivity contribution in [3.05, 3.63) is 82.6 Å². The molecule has 3 aromatic rings. The average Bonchev–Trinajstić information content (AvgIpc) is 3.09. The smallest absolute Gasteiger partial charge is 0.379 e. The second-order valence-corrected chi connectivity index (χ2v) is 5.86. The maximum atomic E-state index is 13.5. The topological polar surface area (TPSA) is 59.7 Å². The molecule has 0 spiro atoms. The van der Waals surface area contributed by atoms with Crippen molar-refractivity contribution in [3.63, 3.8) is 0 Å². The summed E-state index contributed by atoms with van der Waals surface area (Å²) in [5.41, 5.74) is 2.45. The zero-order valence-electron chi connectivity index (χ0n) is 14.3. The van der Waals surface area contributed by atoms with Gasteiger partial charge in [0.25, 0.3) is 0 Å². The van der Waals surface area contributed by atoms with Gasteiger partial charge in [0.1, 0.15) is 11.5 Å². The Labute approximate surface area is 150 Å². The fourth-order valence-corrected chi connectivity index (χ4v) is 2.49. The number of halogens is 1. The Kier molecular flexibility index (Phi) is 4.89. The van der Waals surface area contributed by atoms with Gasteiger partial charge in [-0.25, -0.2) is 9.18 Å². The van der Waals surface area contributed by atoms with E-state index in [4.69, 9.17) is 9.15 Å². The van der Waals surface area contributed by atoms with Crippen LogP contribution in [0.2, 0.25) is 0 Å². The molecule has 0 bridgehead atoms. The Hall–Kier alpha value is -3.34. The molecule has 0 aliphatic heterocycles. The SMILES string of the molecule is Cc1cc(C=Cc2ccc(C(=O)Oc3ccccc3F)o2)cc(C)c1O. The molecule has 2 aromatic carbocycles. The number of hydrogen-bond donors (Lipinski definition) is 1. The number of ether oxygens (including phenoxy) is 1. The standard InChI is InChI=1S/C21H17FO4/c1-13-11-15(12-14(2)20(13)23)7-8-16-9-10-19(25-16)21(24)26-18-6-4-3-5-17(18)22/h3-12,23H,1-2H3. The van der Waals surface area contributed by atoms with Crippen LogP contribution < -0.4 is 4.74 Å². The molecule has 0 amide bonds. The van der Waals surface area contributed by atoms with Crippen molar-refractivity contribution in [3.8, 4) is 11.5 Å². The fraction of sp³-hybridized carbons (Fsp3) is 0.0952. The van der Waals surface area contributed by atoms with E-state index in [1.54, 1.807) is 18.2 Å². The number of carbonyl (C=O) groups is 1. The summed E-state index contributed by atoms with van der Waals surface area (Å²) in [5, 5.41) is 9.80. The second-order valence-electron chi connectivity index (χ2n) is 5.86. The molecule has 132 valence electrons. The maximum Gasteiger partial charge on any atom is 0.379 e. The molecule has 1 N–H and O–H groups in total. The van der Waals surface area contributed by atoms with E-state index in [1.807, 2.05) is 32.1 Å². The van der Waals surface area contributed by atoms with Crippen LogP contribution in [-0.4, -0.2) is 11.1 Å². The Morgan fingerprint density at radius 3 is 2.46 bits per heavy atom. The summed E-state index contributed by atoms with van der Waals surface area (Å²) in [7, 11) is 0. The van der Waals surface area contributed by atoms with E-state index in [0.29, 0.717) is 5.76 Å². The van der Waals surface area contributed by atoms with Crippen LogP contribution in [0.1, 0.15) is 33.0 Å². The Morgan fingerprint density at radius 2 is 1.77 bits per heavy atom. The van der Waals surface area contributed by atoms with Crippen molar-refractivity contribution >= 4 is 18.1 Å². The number of phenols is 1. The number of hydrogen-bond acceptors (Lipinski definition) is 4. The molecule has 0 fully saturated rings. The number of rotatable bonds is 4. The number of benzene rings is 2. The van der Waals surface area contributed by atoms with Crippen LogP contribution in [0.3, 0.4) is 0 Å². The third-order valence-corrected chi connectivity index (χ3v) is 3.82. The number of aromatic hydroxyl groups is 1. The van der Waals surface area contributed by atoms with Crippen LogP contribution in [-0.2, 0) is 0 Å². The molecule has 26 heavy (non-hydrogen) atoms. The van der Waals surface area contributed by atoms with Gasteiger partial charge in [-0.3, -0.25) is 0 Å². The molecule has 4 nitrogen and oxygen atoms in total. The monoisotopic (exact) mass is 352 g/mol. The molecule has 0 radical (unpaired) electrons. The first-order chi connectivity index (χ1) is 12.4. The van der Waals surface area contributed by atoms with Gasteiger partial charge < -0.3 is 14.3 Å². The van der Waals surface area contributed by atoms with Crippen molar-refractivity contribution in [1.29, 1.82) is 0 Å².